The van der Waals surface area contributed by atoms with Crippen molar-refractivity contribution in [1.29, 1.82) is 0 Å². The first kappa shape index (κ1) is 31.7. The third-order valence-corrected chi connectivity index (χ3v) is 10.7. The van der Waals surface area contributed by atoms with Crippen molar-refractivity contribution in [3.63, 3.8) is 0 Å². The maximum absolute atomic E-state index is 15.2. The van der Waals surface area contributed by atoms with Gasteiger partial charge >= 0.3 is 0 Å². The summed E-state index contributed by atoms with van der Waals surface area (Å²) >= 11 is 6.34. The molecule has 3 fully saturated rings. The first-order valence-corrected chi connectivity index (χ1v) is 16.1. The molecule has 1 saturated carbocycles. The highest BCUT2D eigenvalue weighted by Crippen LogP contribution is 2.66. The molecule has 4 amide bonds. The van der Waals surface area contributed by atoms with Crippen molar-refractivity contribution in [3.8, 4) is 17.2 Å². The van der Waals surface area contributed by atoms with Crippen LogP contribution >= 0.6 is 11.6 Å². The lowest BCUT2D eigenvalue weighted by atomic mass is 9.49. The van der Waals surface area contributed by atoms with E-state index >= 15 is 4.79 Å². The van der Waals surface area contributed by atoms with E-state index in [-0.39, 0.29) is 48.4 Å². The number of nitrogens with one attached hydrogen (secondary N) is 1. The molecule has 0 aromatic heterocycles. The van der Waals surface area contributed by atoms with Gasteiger partial charge in [-0.1, -0.05) is 35.4 Å². The van der Waals surface area contributed by atoms with Gasteiger partial charge in [0, 0.05) is 35.2 Å². The largest absolute Gasteiger partial charge is 0.508 e. The highest BCUT2D eigenvalue weighted by molar-refractivity contribution is 6.30. The molecule has 2 heterocycles. The normalized spacial score (nSPS) is 27.8. The van der Waals surface area contributed by atoms with E-state index in [2.05, 4.69) is 5.43 Å². The molecular formula is C36H33ClFN3O7. The Balaban J connectivity index is 1.52. The van der Waals surface area contributed by atoms with Crippen LogP contribution in [-0.2, 0) is 24.6 Å². The van der Waals surface area contributed by atoms with Crippen LogP contribution in [-0.4, -0.2) is 59.4 Å². The van der Waals surface area contributed by atoms with Crippen LogP contribution in [0.3, 0.4) is 0 Å². The van der Waals surface area contributed by atoms with Crippen LogP contribution in [0, 0.1) is 29.5 Å². The fourth-order valence-electron chi connectivity index (χ4n) is 8.56. The van der Waals surface area contributed by atoms with E-state index in [1.54, 1.807) is 31.2 Å². The van der Waals surface area contributed by atoms with Gasteiger partial charge in [-0.2, -0.15) is 5.01 Å². The Hall–Kier alpha value is -4.90. The Labute approximate surface area is 281 Å². The number of amides is 4. The van der Waals surface area contributed by atoms with Gasteiger partial charge in [-0.05, 0) is 67.6 Å². The molecule has 0 radical (unpaired) electrons. The molecule has 2 aliphatic heterocycles. The Kier molecular flexibility index (Phi) is 7.70. The van der Waals surface area contributed by atoms with Gasteiger partial charge in [-0.15, -0.1) is 0 Å². The molecule has 4 aliphatic rings. The summed E-state index contributed by atoms with van der Waals surface area (Å²) in [5.74, 6) is -5.80. The Bertz CT molecular complexity index is 1860. The second-order valence-electron chi connectivity index (χ2n) is 12.6. The molecule has 2 N–H and O–H groups in total. The molecule has 2 aliphatic carbocycles. The number of phenolic OH excluding ortho intramolecular Hbond substituents is 1. The van der Waals surface area contributed by atoms with E-state index < -0.39 is 52.6 Å². The summed E-state index contributed by atoms with van der Waals surface area (Å²) < 4.78 is 25.5. The number of hydrazine groups is 1. The maximum Gasteiger partial charge on any atom is 0.260 e. The highest BCUT2D eigenvalue weighted by atomic mass is 35.5. The Morgan fingerprint density at radius 3 is 2.19 bits per heavy atom. The lowest BCUT2D eigenvalue weighted by Gasteiger charge is -2.51. The number of halogens is 2. The average Bonchev–Trinajstić information content (AvgIpc) is 3.46. The summed E-state index contributed by atoms with van der Waals surface area (Å²) in [7, 11) is 2.86. The number of anilines is 1. The summed E-state index contributed by atoms with van der Waals surface area (Å²) in [6.07, 6.45) is 2.28. The zero-order valence-corrected chi connectivity index (χ0v) is 27.2. The summed E-state index contributed by atoms with van der Waals surface area (Å²) in [6.45, 7) is 1.97. The number of hydrogen-bond donors (Lipinski definition) is 2. The van der Waals surface area contributed by atoms with Gasteiger partial charge in [0.15, 0.2) is 0 Å². The van der Waals surface area contributed by atoms with Crippen LogP contribution in [0.15, 0.2) is 72.3 Å². The van der Waals surface area contributed by atoms with Gasteiger partial charge in [0.1, 0.15) is 23.1 Å². The van der Waals surface area contributed by atoms with Crippen LogP contribution in [0.5, 0.6) is 17.2 Å². The minimum absolute atomic E-state index is 0.0948. The number of benzene rings is 3. The van der Waals surface area contributed by atoms with Gasteiger partial charge in [0.25, 0.3) is 11.8 Å². The number of phenols is 1. The molecular weight excluding hydrogens is 641 g/mol. The number of hydrogen-bond acceptors (Lipinski definition) is 8. The standard InChI is InChI=1S/C36H33ClFN3O7/c1-4-40-32(43)24-14-13-23-25(29(24)34(40)45)17-26-33(44)41(39-21-11-9-20(38)10-12-21)35(46)36(26,18-5-7-19(37)8-6-18)31(23)30-27(47-2)15-22(42)16-28(30)48-3/h5-13,15-16,24-26,29,31,39,42H,4,14,17H2,1-3H3/t24-,25+,26-,29-,31+,36+/m0/s1. The smallest absolute Gasteiger partial charge is 0.260 e. The Morgan fingerprint density at radius 1 is 0.938 bits per heavy atom. The van der Waals surface area contributed by atoms with Gasteiger partial charge in [-0.3, -0.25) is 29.5 Å². The van der Waals surface area contributed by atoms with Gasteiger partial charge in [-0.25, -0.2) is 4.39 Å². The monoisotopic (exact) mass is 673 g/mol. The van der Waals surface area contributed by atoms with Crippen molar-refractivity contribution in [2.75, 3.05) is 26.2 Å². The summed E-state index contributed by atoms with van der Waals surface area (Å²) in [6, 6.07) is 14.8. The van der Waals surface area contributed by atoms with Crippen molar-refractivity contribution in [3.05, 3.63) is 94.3 Å². The SMILES string of the molecule is CCN1C(=O)[C@H]2[C@H](CC=C3[C@H]2C[C@H]2C(=O)N(Nc4ccc(F)cc4)C(=O)[C@@]2(c2ccc(Cl)cc2)[C@H]3c2c(OC)cc(O)cc2OC)C1=O. The van der Waals surface area contributed by atoms with Gasteiger partial charge in [0.05, 0.1) is 43.1 Å². The van der Waals surface area contributed by atoms with Crippen LogP contribution in [0.1, 0.15) is 36.8 Å². The molecule has 3 aromatic carbocycles. The minimum atomic E-state index is -1.63. The van der Waals surface area contributed by atoms with E-state index in [1.165, 1.54) is 55.5 Å². The zero-order valence-electron chi connectivity index (χ0n) is 26.4. The number of carbonyl (C=O) groups is 4. The highest BCUT2D eigenvalue weighted by Gasteiger charge is 2.71. The van der Waals surface area contributed by atoms with Crippen molar-refractivity contribution < 1.29 is 38.1 Å². The Morgan fingerprint density at radius 2 is 1.58 bits per heavy atom. The first-order chi connectivity index (χ1) is 23.1. The number of allylic oxidation sites excluding steroid dienone is 2. The van der Waals surface area contributed by atoms with E-state index in [4.69, 9.17) is 21.1 Å². The first-order valence-electron chi connectivity index (χ1n) is 15.7. The third-order valence-electron chi connectivity index (χ3n) is 10.5. The molecule has 10 nitrogen and oxygen atoms in total. The minimum Gasteiger partial charge on any atom is -0.508 e. The molecule has 0 spiro atoms. The predicted octanol–water partition coefficient (Wildman–Crippen LogP) is 5.21. The number of aromatic hydroxyl groups is 1. The van der Waals surface area contributed by atoms with E-state index in [0.29, 0.717) is 27.4 Å². The van der Waals surface area contributed by atoms with Gasteiger partial charge in [0.2, 0.25) is 11.8 Å². The van der Waals surface area contributed by atoms with Crippen LogP contribution in [0.2, 0.25) is 5.02 Å². The van der Waals surface area contributed by atoms with Crippen LogP contribution in [0.4, 0.5) is 10.1 Å². The number of nitrogens with zero attached hydrogens (tertiary/aromatic N) is 2. The lowest BCUT2D eigenvalue weighted by molar-refractivity contribution is -0.141. The molecule has 248 valence electrons. The predicted molar refractivity (Wildman–Crippen MR) is 173 cm³/mol. The molecule has 6 atom stereocenters. The van der Waals surface area contributed by atoms with Crippen molar-refractivity contribution in [2.45, 2.75) is 31.1 Å². The van der Waals surface area contributed by atoms with E-state index in [0.717, 1.165) is 5.01 Å². The number of carbonyl (C=O) groups excluding carboxylic acids is 4. The van der Waals surface area contributed by atoms with Crippen molar-refractivity contribution in [2.24, 2.45) is 23.7 Å². The number of rotatable bonds is 7. The number of imide groups is 2. The lowest BCUT2D eigenvalue weighted by Crippen LogP contribution is -2.53. The molecule has 48 heavy (non-hydrogen) atoms. The summed E-state index contributed by atoms with van der Waals surface area (Å²) in [4.78, 5) is 58.5. The summed E-state index contributed by atoms with van der Waals surface area (Å²) in [5.41, 5.74) is 3.20. The molecule has 0 bridgehead atoms. The second-order valence-corrected chi connectivity index (χ2v) is 13.0. The van der Waals surface area contributed by atoms with E-state index in [1.807, 2.05) is 6.08 Å². The molecule has 3 aromatic rings. The number of likely N-dealkylation sites (tertiary alicyclic amines) is 1. The second kappa shape index (κ2) is 11.7. The molecule has 12 heteroatoms. The molecule has 7 rings (SSSR count). The summed E-state index contributed by atoms with van der Waals surface area (Å²) in [5, 5.41) is 12.0. The fraction of sp³-hybridized carbons (Fsp3) is 0.333. The fourth-order valence-corrected chi connectivity index (χ4v) is 8.68. The van der Waals surface area contributed by atoms with Crippen LogP contribution < -0.4 is 14.9 Å². The topological polar surface area (TPSA) is 125 Å². The van der Waals surface area contributed by atoms with Crippen molar-refractivity contribution >= 4 is 40.9 Å². The van der Waals surface area contributed by atoms with Crippen molar-refractivity contribution in [1.82, 2.24) is 9.91 Å². The van der Waals surface area contributed by atoms with Crippen LogP contribution in [0.25, 0.3) is 0 Å². The molecule has 0 unspecified atom stereocenters. The number of fused-ring (bicyclic) bond motifs is 4. The van der Waals surface area contributed by atoms with E-state index in [9.17, 15) is 23.9 Å². The van der Waals surface area contributed by atoms with Gasteiger partial charge < -0.3 is 14.6 Å². The molecule has 2 saturated heterocycles. The quantitative estimate of drug-likeness (QED) is 0.259. The maximum atomic E-state index is 15.2. The number of ether oxygens (including phenoxy) is 2. The third kappa shape index (κ3) is 4.43. The zero-order chi connectivity index (χ0) is 34.1. The average molecular weight is 674 g/mol. The number of methoxy groups -OCH3 is 2.